The molecule has 3 heteroatoms. The van der Waals surface area contributed by atoms with E-state index in [-0.39, 0.29) is 10.7 Å². The van der Waals surface area contributed by atoms with Crippen LogP contribution in [0.4, 0.5) is 0 Å². The molecule has 1 amide bonds. The van der Waals surface area contributed by atoms with Gasteiger partial charge in [0.05, 0.1) is 0 Å². The van der Waals surface area contributed by atoms with Gasteiger partial charge in [-0.25, -0.2) is 0 Å². The maximum atomic E-state index is 11.5. The summed E-state index contributed by atoms with van der Waals surface area (Å²) in [4.78, 5) is 11.5. The zero-order chi connectivity index (χ0) is 12.0. The van der Waals surface area contributed by atoms with Crippen LogP contribution < -0.4 is 5.32 Å². The summed E-state index contributed by atoms with van der Waals surface area (Å²) < 4.78 is -0.0793. The Bertz CT molecular complexity index is 330. The fourth-order valence-corrected chi connectivity index (χ4v) is 1.42. The SMILES string of the molecule is CC(C)(S)CCC(=O)NCc1ccccc1. The van der Waals surface area contributed by atoms with Gasteiger partial charge < -0.3 is 5.32 Å². The molecule has 0 saturated heterocycles. The predicted molar refractivity (Wildman–Crippen MR) is 70.6 cm³/mol. The molecule has 0 aromatic heterocycles. The van der Waals surface area contributed by atoms with Crippen LogP contribution in [0.1, 0.15) is 32.3 Å². The minimum atomic E-state index is -0.0793. The number of carbonyl (C=O) groups is 1. The first-order chi connectivity index (χ1) is 7.47. The van der Waals surface area contributed by atoms with Crippen LogP contribution in [0.5, 0.6) is 0 Å². The van der Waals surface area contributed by atoms with Crippen molar-refractivity contribution in [2.75, 3.05) is 0 Å². The molecule has 0 atom stereocenters. The minimum Gasteiger partial charge on any atom is -0.352 e. The highest BCUT2D eigenvalue weighted by Gasteiger charge is 2.13. The van der Waals surface area contributed by atoms with Crippen LogP contribution >= 0.6 is 12.6 Å². The maximum Gasteiger partial charge on any atom is 0.220 e. The van der Waals surface area contributed by atoms with Crippen LogP contribution in [-0.4, -0.2) is 10.7 Å². The number of benzene rings is 1. The fourth-order valence-electron chi connectivity index (χ4n) is 1.30. The molecule has 1 aromatic rings. The Hall–Kier alpha value is -0.960. The van der Waals surface area contributed by atoms with Crippen molar-refractivity contribution in [1.82, 2.24) is 5.32 Å². The van der Waals surface area contributed by atoms with E-state index in [1.807, 2.05) is 44.2 Å². The van der Waals surface area contributed by atoms with Gasteiger partial charge in [-0.05, 0) is 12.0 Å². The summed E-state index contributed by atoms with van der Waals surface area (Å²) >= 11 is 4.39. The number of thiol groups is 1. The molecule has 0 heterocycles. The third kappa shape index (κ3) is 5.81. The number of hydrogen-bond acceptors (Lipinski definition) is 2. The molecule has 16 heavy (non-hydrogen) atoms. The van der Waals surface area contributed by atoms with Gasteiger partial charge in [-0.3, -0.25) is 4.79 Å². The van der Waals surface area contributed by atoms with Crippen molar-refractivity contribution >= 4 is 18.5 Å². The molecule has 88 valence electrons. The van der Waals surface area contributed by atoms with Gasteiger partial charge in [-0.2, -0.15) is 12.6 Å². The van der Waals surface area contributed by atoms with Crippen LogP contribution in [0.2, 0.25) is 0 Å². The Morgan fingerprint density at radius 1 is 1.31 bits per heavy atom. The smallest absolute Gasteiger partial charge is 0.220 e. The number of amides is 1. The zero-order valence-corrected chi connectivity index (χ0v) is 10.8. The van der Waals surface area contributed by atoms with Crippen LogP contribution in [-0.2, 0) is 11.3 Å². The molecule has 0 aliphatic carbocycles. The van der Waals surface area contributed by atoms with Gasteiger partial charge in [-0.15, -0.1) is 0 Å². The first kappa shape index (κ1) is 13.1. The lowest BCUT2D eigenvalue weighted by atomic mass is 10.1. The summed E-state index contributed by atoms with van der Waals surface area (Å²) in [6.45, 7) is 4.63. The summed E-state index contributed by atoms with van der Waals surface area (Å²) in [5.41, 5.74) is 1.13. The Labute approximate surface area is 103 Å². The highest BCUT2D eigenvalue weighted by Crippen LogP contribution is 2.18. The average molecular weight is 237 g/mol. The average Bonchev–Trinajstić information content (AvgIpc) is 2.24. The second-order valence-corrected chi connectivity index (χ2v) is 5.79. The van der Waals surface area contributed by atoms with Crippen molar-refractivity contribution in [3.63, 3.8) is 0 Å². The lowest BCUT2D eigenvalue weighted by molar-refractivity contribution is -0.121. The molecule has 0 unspecified atom stereocenters. The molecular formula is C13H19NOS. The van der Waals surface area contributed by atoms with Crippen LogP contribution in [0.3, 0.4) is 0 Å². The highest BCUT2D eigenvalue weighted by atomic mass is 32.1. The van der Waals surface area contributed by atoms with E-state index in [0.717, 1.165) is 12.0 Å². The summed E-state index contributed by atoms with van der Waals surface area (Å²) in [5.74, 6) is 0.0889. The Morgan fingerprint density at radius 3 is 2.50 bits per heavy atom. The molecule has 1 N–H and O–H groups in total. The lowest BCUT2D eigenvalue weighted by Gasteiger charge is -2.16. The molecule has 0 bridgehead atoms. The van der Waals surface area contributed by atoms with Gasteiger partial charge in [-0.1, -0.05) is 44.2 Å². The topological polar surface area (TPSA) is 29.1 Å². The second kappa shape index (κ2) is 5.94. The fraction of sp³-hybridized carbons (Fsp3) is 0.462. The third-order valence-corrected chi connectivity index (χ3v) is 2.52. The predicted octanol–water partition coefficient (Wildman–Crippen LogP) is 2.79. The molecule has 0 saturated carbocycles. The van der Waals surface area contributed by atoms with E-state index in [1.54, 1.807) is 0 Å². The van der Waals surface area contributed by atoms with Crippen LogP contribution in [0.25, 0.3) is 0 Å². The summed E-state index contributed by atoms with van der Waals surface area (Å²) in [7, 11) is 0. The highest BCUT2D eigenvalue weighted by molar-refractivity contribution is 7.81. The van der Waals surface area contributed by atoms with Gasteiger partial charge >= 0.3 is 0 Å². The monoisotopic (exact) mass is 237 g/mol. The van der Waals surface area contributed by atoms with Crippen molar-refractivity contribution in [3.8, 4) is 0 Å². The number of carbonyl (C=O) groups excluding carboxylic acids is 1. The van der Waals surface area contributed by atoms with Crippen molar-refractivity contribution in [2.45, 2.75) is 38.0 Å². The quantitative estimate of drug-likeness (QED) is 0.758. The standard InChI is InChI=1S/C13H19NOS/c1-13(2,16)9-8-12(15)14-10-11-6-4-3-5-7-11/h3-7,16H,8-10H2,1-2H3,(H,14,15). The van der Waals surface area contributed by atoms with Gasteiger partial charge in [0, 0.05) is 17.7 Å². The first-order valence-electron chi connectivity index (χ1n) is 5.50. The number of rotatable bonds is 5. The van der Waals surface area contributed by atoms with Crippen molar-refractivity contribution in [1.29, 1.82) is 0 Å². The van der Waals surface area contributed by atoms with E-state index in [1.165, 1.54) is 0 Å². The Balaban J connectivity index is 2.26. The Kier molecular flexibility index (Phi) is 4.87. The van der Waals surface area contributed by atoms with E-state index in [2.05, 4.69) is 17.9 Å². The maximum absolute atomic E-state index is 11.5. The molecule has 1 rings (SSSR count). The molecule has 0 aliphatic heterocycles. The summed E-state index contributed by atoms with van der Waals surface area (Å²) in [6, 6.07) is 9.91. The van der Waals surface area contributed by atoms with E-state index in [9.17, 15) is 4.79 Å². The van der Waals surface area contributed by atoms with E-state index in [0.29, 0.717) is 13.0 Å². The molecule has 1 aromatic carbocycles. The van der Waals surface area contributed by atoms with Gasteiger partial charge in [0.1, 0.15) is 0 Å². The minimum absolute atomic E-state index is 0.0793. The Morgan fingerprint density at radius 2 is 1.94 bits per heavy atom. The number of hydrogen-bond donors (Lipinski definition) is 2. The van der Waals surface area contributed by atoms with Crippen molar-refractivity contribution in [2.24, 2.45) is 0 Å². The van der Waals surface area contributed by atoms with E-state index >= 15 is 0 Å². The van der Waals surface area contributed by atoms with Gasteiger partial charge in [0.15, 0.2) is 0 Å². The molecule has 2 nitrogen and oxygen atoms in total. The second-order valence-electron chi connectivity index (χ2n) is 4.57. The summed E-state index contributed by atoms with van der Waals surface area (Å²) in [5, 5.41) is 2.90. The normalized spacial score (nSPS) is 11.2. The largest absolute Gasteiger partial charge is 0.352 e. The molecular weight excluding hydrogens is 218 g/mol. The van der Waals surface area contributed by atoms with Crippen molar-refractivity contribution < 1.29 is 4.79 Å². The van der Waals surface area contributed by atoms with Crippen LogP contribution in [0, 0.1) is 0 Å². The molecule has 0 radical (unpaired) electrons. The molecule has 0 spiro atoms. The summed E-state index contributed by atoms with van der Waals surface area (Å²) in [6.07, 6.45) is 1.32. The molecule has 0 aliphatic rings. The zero-order valence-electron chi connectivity index (χ0n) is 9.86. The molecule has 0 fully saturated rings. The van der Waals surface area contributed by atoms with E-state index < -0.39 is 0 Å². The lowest BCUT2D eigenvalue weighted by Crippen LogP contribution is -2.24. The van der Waals surface area contributed by atoms with Gasteiger partial charge in [0.2, 0.25) is 5.91 Å². The van der Waals surface area contributed by atoms with Crippen molar-refractivity contribution in [3.05, 3.63) is 35.9 Å². The van der Waals surface area contributed by atoms with Crippen LogP contribution in [0.15, 0.2) is 30.3 Å². The first-order valence-corrected chi connectivity index (χ1v) is 5.95. The number of nitrogens with one attached hydrogen (secondary N) is 1. The van der Waals surface area contributed by atoms with E-state index in [4.69, 9.17) is 0 Å². The third-order valence-electron chi connectivity index (χ3n) is 2.30. The van der Waals surface area contributed by atoms with Gasteiger partial charge in [0.25, 0.3) is 0 Å².